The standard InChI is InChI=1S/C30H46N4O8/c1-19(2)25-33(13-17-37-25)21(5)29(31-11-15-39-29)41-27(35)23-7-9-24(10-8-23)28(36)42-30(32-12-16-40-30)22(6)34-14-18-38-26(34)20(3)4/h7-10,19-22,25-26,31-32H,11-18H2,1-6H3. The lowest BCUT2D eigenvalue weighted by Gasteiger charge is -2.41. The van der Waals surface area contributed by atoms with Crippen LogP contribution in [0.5, 0.6) is 0 Å². The summed E-state index contributed by atoms with van der Waals surface area (Å²) in [5.41, 5.74) is 0.585. The molecule has 5 rings (SSSR count). The van der Waals surface area contributed by atoms with E-state index in [4.69, 9.17) is 28.4 Å². The first-order valence-corrected chi connectivity index (χ1v) is 15.2. The molecule has 6 atom stereocenters. The highest BCUT2D eigenvalue weighted by atomic mass is 16.8. The van der Waals surface area contributed by atoms with Crippen LogP contribution in [0.1, 0.15) is 62.3 Å². The number of benzene rings is 1. The lowest BCUT2D eigenvalue weighted by atomic mass is 10.1. The molecular formula is C30H46N4O8. The topological polar surface area (TPSA) is 120 Å². The lowest BCUT2D eigenvalue weighted by molar-refractivity contribution is -0.232. The predicted octanol–water partition coefficient (Wildman–Crippen LogP) is 1.95. The van der Waals surface area contributed by atoms with Gasteiger partial charge < -0.3 is 28.4 Å². The van der Waals surface area contributed by atoms with Crippen LogP contribution in [0.25, 0.3) is 0 Å². The number of hydrogen-bond donors (Lipinski definition) is 2. The molecule has 0 bridgehead atoms. The van der Waals surface area contributed by atoms with Crippen molar-refractivity contribution in [2.75, 3.05) is 52.6 Å². The number of carbonyl (C=O) groups is 2. The van der Waals surface area contributed by atoms with E-state index in [1.165, 1.54) is 0 Å². The summed E-state index contributed by atoms with van der Waals surface area (Å²) >= 11 is 0. The number of esters is 2. The molecule has 4 saturated heterocycles. The van der Waals surface area contributed by atoms with Crippen LogP contribution in [0.2, 0.25) is 0 Å². The molecule has 4 fully saturated rings. The first kappa shape index (κ1) is 31.3. The maximum Gasteiger partial charge on any atom is 0.341 e. The molecule has 1 aromatic rings. The van der Waals surface area contributed by atoms with E-state index in [0.29, 0.717) is 63.7 Å². The van der Waals surface area contributed by atoms with Gasteiger partial charge in [-0.25, -0.2) is 9.59 Å². The summed E-state index contributed by atoms with van der Waals surface area (Å²) in [6, 6.07) is 5.66. The van der Waals surface area contributed by atoms with E-state index in [0.717, 1.165) is 0 Å². The third-order valence-corrected chi connectivity index (χ3v) is 8.59. The van der Waals surface area contributed by atoms with E-state index in [2.05, 4.69) is 48.1 Å². The first-order valence-electron chi connectivity index (χ1n) is 15.2. The van der Waals surface area contributed by atoms with Crippen LogP contribution in [-0.4, -0.2) is 111 Å². The first-order chi connectivity index (χ1) is 20.1. The maximum absolute atomic E-state index is 13.3. The van der Waals surface area contributed by atoms with E-state index in [9.17, 15) is 9.59 Å². The van der Waals surface area contributed by atoms with Crippen LogP contribution in [0.4, 0.5) is 0 Å². The lowest BCUT2D eigenvalue weighted by Crippen LogP contribution is -2.61. The highest BCUT2D eigenvalue weighted by Crippen LogP contribution is 2.32. The van der Waals surface area contributed by atoms with Gasteiger partial charge in [-0.3, -0.25) is 20.4 Å². The molecule has 0 spiro atoms. The van der Waals surface area contributed by atoms with Gasteiger partial charge in [-0.05, 0) is 49.9 Å². The predicted molar refractivity (Wildman–Crippen MR) is 152 cm³/mol. The van der Waals surface area contributed by atoms with Crippen LogP contribution >= 0.6 is 0 Å². The molecule has 6 unspecified atom stereocenters. The highest BCUT2D eigenvalue weighted by molar-refractivity contribution is 5.93. The van der Waals surface area contributed by atoms with Crippen molar-refractivity contribution >= 4 is 11.9 Å². The number of nitrogens with zero attached hydrogens (tertiary/aromatic N) is 2. The molecule has 4 aliphatic heterocycles. The summed E-state index contributed by atoms with van der Waals surface area (Å²) in [6.45, 7) is 17.0. The minimum atomic E-state index is -1.31. The van der Waals surface area contributed by atoms with Gasteiger partial charge in [-0.2, -0.15) is 0 Å². The Bertz CT molecular complexity index is 1000. The summed E-state index contributed by atoms with van der Waals surface area (Å²) in [5, 5.41) is 6.51. The van der Waals surface area contributed by atoms with Gasteiger partial charge >= 0.3 is 11.9 Å². The second-order valence-electron chi connectivity index (χ2n) is 12.1. The van der Waals surface area contributed by atoms with Crippen molar-refractivity contribution in [3.05, 3.63) is 35.4 Å². The molecule has 12 nitrogen and oxygen atoms in total. The smallest absolute Gasteiger partial charge is 0.341 e. The number of rotatable bonds is 10. The zero-order chi connectivity index (χ0) is 30.1. The van der Waals surface area contributed by atoms with E-state index >= 15 is 0 Å². The van der Waals surface area contributed by atoms with Gasteiger partial charge in [0, 0.05) is 26.2 Å². The van der Waals surface area contributed by atoms with Crippen molar-refractivity contribution in [1.82, 2.24) is 20.4 Å². The minimum Gasteiger partial charge on any atom is -0.413 e. The Morgan fingerprint density at radius 2 is 1.10 bits per heavy atom. The summed E-state index contributed by atoms with van der Waals surface area (Å²) in [4.78, 5) is 31.0. The second kappa shape index (κ2) is 12.8. The largest absolute Gasteiger partial charge is 0.413 e. The van der Waals surface area contributed by atoms with Crippen molar-refractivity contribution in [2.45, 2.75) is 77.9 Å². The Balaban J connectivity index is 1.26. The van der Waals surface area contributed by atoms with E-state index in [1.54, 1.807) is 24.3 Å². The van der Waals surface area contributed by atoms with Gasteiger partial charge in [0.05, 0.1) is 49.6 Å². The molecule has 0 aliphatic carbocycles. The highest BCUT2D eigenvalue weighted by Gasteiger charge is 2.52. The fourth-order valence-electron chi connectivity index (χ4n) is 6.35. The summed E-state index contributed by atoms with van der Waals surface area (Å²) < 4.78 is 35.9. The number of hydrogen-bond acceptors (Lipinski definition) is 12. The molecule has 0 aromatic heterocycles. The molecule has 0 radical (unpaired) electrons. The Hall–Kier alpha value is -2.16. The SMILES string of the molecule is CC(C)C1OCCN1C(C)C1(OC(=O)c2ccc(C(=O)OC3(C(C)N4CCOC4C(C)C)NCCO3)cc2)NCCO1. The Labute approximate surface area is 248 Å². The van der Waals surface area contributed by atoms with Crippen LogP contribution in [-0.2, 0) is 28.4 Å². The van der Waals surface area contributed by atoms with Crippen molar-refractivity contribution in [1.29, 1.82) is 0 Å². The van der Waals surface area contributed by atoms with Gasteiger partial charge in [-0.1, -0.05) is 27.7 Å². The van der Waals surface area contributed by atoms with E-state index < -0.39 is 23.8 Å². The zero-order valence-electron chi connectivity index (χ0n) is 25.6. The molecule has 234 valence electrons. The molecule has 4 aliphatic rings. The van der Waals surface area contributed by atoms with E-state index in [-0.39, 0.29) is 36.4 Å². The molecule has 0 amide bonds. The third-order valence-electron chi connectivity index (χ3n) is 8.59. The van der Waals surface area contributed by atoms with Crippen LogP contribution < -0.4 is 10.6 Å². The second-order valence-corrected chi connectivity index (χ2v) is 12.1. The third kappa shape index (κ3) is 6.09. The number of ether oxygens (including phenoxy) is 6. The van der Waals surface area contributed by atoms with E-state index in [1.807, 2.05) is 13.8 Å². The van der Waals surface area contributed by atoms with Crippen LogP contribution in [0, 0.1) is 11.8 Å². The molecule has 1 aromatic carbocycles. The van der Waals surface area contributed by atoms with Crippen molar-refractivity contribution in [3.8, 4) is 0 Å². The zero-order valence-corrected chi connectivity index (χ0v) is 25.6. The van der Waals surface area contributed by atoms with Crippen molar-refractivity contribution in [2.24, 2.45) is 11.8 Å². The Kier molecular flexibility index (Phi) is 9.55. The van der Waals surface area contributed by atoms with Gasteiger partial charge in [0.15, 0.2) is 0 Å². The van der Waals surface area contributed by atoms with Crippen LogP contribution in [0.3, 0.4) is 0 Å². The normalized spacial score (nSPS) is 32.1. The Morgan fingerprint density at radius 3 is 1.40 bits per heavy atom. The quantitative estimate of drug-likeness (QED) is 0.388. The monoisotopic (exact) mass is 590 g/mol. The van der Waals surface area contributed by atoms with Gasteiger partial charge in [0.2, 0.25) is 0 Å². The number of carbonyl (C=O) groups excluding carboxylic acids is 2. The average Bonchev–Trinajstić information content (AvgIpc) is 3.79. The molecular weight excluding hydrogens is 544 g/mol. The molecule has 0 saturated carbocycles. The van der Waals surface area contributed by atoms with Crippen molar-refractivity contribution in [3.63, 3.8) is 0 Å². The fraction of sp³-hybridized carbons (Fsp3) is 0.733. The summed E-state index contributed by atoms with van der Waals surface area (Å²) in [6.07, 6.45) is -0.184. The Morgan fingerprint density at radius 1 is 0.714 bits per heavy atom. The summed E-state index contributed by atoms with van der Waals surface area (Å²) in [7, 11) is 0. The van der Waals surface area contributed by atoms with Gasteiger partial charge in [-0.15, -0.1) is 0 Å². The van der Waals surface area contributed by atoms with Crippen LogP contribution in [0.15, 0.2) is 24.3 Å². The molecule has 12 heteroatoms. The maximum atomic E-state index is 13.3. The van der Waals surface area contributed by atoms with Gasteiger partial charge in [0.25, 0.3) is 11.8 Å². The molecule has 4 heterocycles. The molecule has 42 heavy (non-hydrogen) atoms. The van der Waals surface area contributed by atoms with Crippen molar-refractivity contribution < 1.29 is 38.0 Å². The average molecular weight is 591 g/mol. The molecule has 2 N–H and O–H groups in total. The fourth-order valence-corrected chi connectivity index (χ4v) is 6.35. The summed E-state index contributed by atoms with van der Waals surface area (Å²) in [5.74, 6) is -3.20. The number of nitrogens with one attached hydrogen (secondary N) is 2. The van der Waals surface area contributed by atoms with Gasteiger partial charge in [0.1, 0.15) is 12.5 Å². The minimum absolute atomic E-state index is 0.0922.